The lowest BCUT2D eigenvalue weighted by Gasteiger charge is -2.16. The van der Waals surface area contributed by atoms with Crippen LogP contribution in [-0.2, 0) is 43.1 Å². The summed E-state index contributed by atoms with van der Waals surface area (Å²) in [5, 5.41) is 65.4. The summed E-state index contributed by atoms with van der Waals surface area (Å²) in [6, 6.07) is 0. The third-order valence-electron chi connectivity index (χ3n) is 2.70. The van der Waals surface area contributed by atoms with E-state index in [2.05, 4.69) is 4.74 Å². The highest BCUT2D eigenvalue weighted by Gasteiger charge is 2.30. The van der Waals surface area contributed by atoms with E-state index >= 15 is 0 Å². The fourth-order valence-electron chi connectivity index (χ4n) is 1.33. The summed E-state index contributed by atoms with van der Waals surface area (Å²) in [6.45, 7) is 0. The number of carboxylic acids is 8. The lowest BCUT2D eigenvalue weighted by Crippen LogP contribution is -2.36. The van der Waals surface area contributed by atoms with Gasteiger partial charge in [0.05, 0.1) is 38.5 Å². The predicted octanol–water partition coefficient (Wildman–Crippen LogP) is -2.09. The molecule has 0 aromatic rings. The van der Waals surface area contributed by atoms with Crippen molar-refractivity contribution >= 4 is 47.8 Å². The molecule has 0 saturated heterocycles. The van der Waals surface area contributed by atoms with Crippen LogP contribution >= 0.6 is 0 Å². The Labute approximate surface area is 188 Å². The largest absolute Gasteiger partial charge is 0.481 e. The van der Waals surface area contributed by atoms with E-state index in [1.54, 1.807) is 0 Å². The van der Waals surface area contributed by atoms with Gasteiger partial charge in [0.1, 0.15) is 0 Å². The first-order chi connectivity index (χ1) is 15.0. The maximum atomic E-state index is 10.6. The van der Waals surface area contributed by atoms with Gasteiger partial charge in [0.25, 0.3) is 0 Å². The number of rotatable bonds is 14. The summed E-state index contributed by atoms with van der Waals surface area (Å²) in [6.07, 6.45) is -6.92. The fraction of sp³-hybridized carbons (Fsp3) is 0.500. The zero-order valence-corrected chi connectivity index (χ0v) is 17.1. The summed E-state index contributed by atoms with van der Waals surface area (Å²) in [7, 11) is 0. The van der Waals surface area contributed by atoms with Crippen LogP contribution in [0.1, 0.15) is 38.5 Å². The Bertz CT molecular complexity index is 637. The summed E-state index contributed by atoms with van der Waals surface area (Å²) >= 11 is 0. The molecule has 0 saturated carbocycles. The van der Waals surface area contributed by atoms with Crippen molar-refractivity contribution in [3.05, 3.63) is 0 Å². The smallest absolute Gasteiger partial charge is 0.333 e. The molecule has 0 spiro atoms. The van der Waals surface area contributed by atoms with Crippen LogP contribution in [0.5, 0.6) is 0 Å². The monoisotopic (exact) mass is 504 g/mol. The SMILES string of the molecule is O.O=C(O)CC(OC(CC(=O)O)C(=O)O)C(=O)O.O=C(O)CCC(=O)O.O=C(O)CCC(=O)O. The molecular weight excluding hydrogens is 480 g/mol. The molecule has 18 nitrogen and oxygen atoms in total. The lowest BCUT2D eigenvalue weighted by atomic mass is 10.2. The summed E-state index contributed by atoms with van der Waals surface area (Å²) in [5.74, 6) is -10.7. The van der Waals surface area contributed by atoms with Crippen LogP contribution in [0, 0.1) is 0 Å². The number of hydrogen-bond acceptors (Lipinski definition) is 9. The maximum absolute atomic E-state index is 10.6. The minimum Gasteiger partial charge on any atom is -0.481 e. The van der Waals surface area contributed by atoms with Crippen LogP contribution in [-0.4, -0.2) is 106 Å². The van der Waals surface area contributed by atoms with Gasteiger partial charge in [0.15, 0.2) is 12.2 Å². The summed E-state index contributed by atoms with van der Waals surface area (Å²) < 4.78 is 4.43. The molecule has 0 aliphatic heterocycles. The first-order valence-electron chi connectivity index (χ1n) is 8.41. The van der Waals surface area contributed by atoms with Gasteiger partial charge in [-0.3, -0.25) is 28.8 Å². The normalized spacial score (nSPS) is 10.8. The Morgan fingerprint density at radius 1 is 0.441 bits per heavy atom. The summed E-state index contributed by atoms with van der Waals surface area (Å²) in [5.41, 5.74) is 0. The first kappa shape index (κ1) is 37.0. The van der Waals surface area contributed by atoms with Crippen molar-refractivity contribution in [2.45, 2.75) is 50.7 Å². The Hall–Kier alpha value is -4.32. The molecule has 34 heavy (non-hydrogen) atoms. The van der Waals surface area contributed by atoms with Gasteiger partial charge in [-0.2, -0.15) is 0 Å². The second kappa shape index (κ2) is 20.6. The molecule has 0 aromatic carbocycles. The third-order valence-corrected chi connectivity index (χ3v) is 2.70. The quantitative estimate of drug-likeness (QED) is 0.125. The van der Waals surface area contributed by atoms with Crippen LogP contribution in [0.25, 0.3) is 0 Å². The Morgan fingerprint density at radius 2 is 0.647 bits per heavy atom. The molecule has 0 rings (SSSR count). The van der Waals surface area contributed by atoms with E-state index in [1.807, 2.05) is 0 Å². The van der Waals surface area contributed by atoms with Crippen LogP contribution in [0.3, 0.4) is 0 Å². The third kappa shape index (κ3) is 29.9. The van der Waals surface area contributed by atoms with E-state index in [1.165, 1.54) is 0 Å². The van der Waals surface area contributed by atoms with Gasteiger partial charge in [-0.15, -0.1) is 0 Å². The standard InChI is InChI=1S/C8H10O9.2C4H6O4.H2O/c9-5(10)1-3(7(13)14)17-4(8(15)16)2-6(11)12;2*5-3(6)1-2-4(7)8;/h3-4H,1-2H2,(H,9,10)(H,11,12)(H,13,14)(H,15,16);2*1-2H2,(H,5,6)(H,7,8);1H2. The molecule has 0 aliphatic rings. The zero-order chi connectivity index (χ0) is 26.7. The van der Waals surface area contributed by atoms with Crippen LogP contribution < -0.4 is 0 Å². The number of ether oxygens (including phenoxy) is 1. The number of carbonyl (C=O) groups is 8. The number of aliphatic carboxylic acids is 8. The highest BCUT2D eigenvalue weighted by molar-refractivity contribution is 5.82. The van der Waals surface area contributed by atoms with Crippen molar-refractivity contribution in [1.82, 2.24) is 0 Å². The molecule has 0 radical (unpaired) electrons. The van der Waals surface area contributed by atoms with Gasteiger partial charge >= 0.3 is 47.8 Å². The predicted molar refractivity (Wildman–Crippen MR) is 101 cm³/mol. The average Bonchev–Trinajstić information content (AvgIpc) is 2.63. The van der Waals surface area contributed by atoms with E-state index in [4.69, 9.17) is 40.9 Å². The molecule has 10 N–H and O–H groups in total. The highest BCUT2D eigenvalue weighted by Crippen LogP contribution is 2.08. The molecule has 0 aromatic heterocycles. The van der Waals surface area contributed by atoms with E-state index in [9.17, 15) is 38.4 Å². The molecule has 0 aliphatic carbocycles. The van der Waals surface area contributed by atoms with Crippen molar-refractivity contribution < 1.29 is 89.4 Å². The van der Waals surface area contributed by atoms with Crippen LogP contribution in [0.15, 0.2) is 0 Å². The van der Waals surface area contributed by atoms with E-state index in [0.717, 1.165) is 0 Å². The molecule has 0 fully saturated rings. The molecule has 196 valence electrons. The second-order valence-corrected chi connectivity index (χ2v) is 5.56. The van der Waals surface area contributed by atoms with Gasteiger partial charge in [-0.05, 0) is 0 Å². The van der Waals surface area contributed by atoms with E-state index in [0.29, 0.717) is 0 Å². The minimum absolute atomic E-state index is 0. The Balaban J connectivity index is -0.000000222. The highest BCUT2D eigenvalue weighted by atomic mass is 16.5. The van der Waals surface area contributed by atoms with Crippen molar-refractivity contribution in [2.24, 2.45) is 0 Å². The van der Waals surface area contributed by atoms with Crippen molar-refractivity contribution in [2.75, 3.05) is 0 Å². The topological polar surface area (TPSA) is 339 Å². The molecular formula is C16H24O18. The fourth-order valence-corrected chi connectivity index (χ4v) is 1.33. The van der Waals surface area contributed by atoms with Crippen molar-refractivity contribution in [1.29, 1.82) is 0 Å². The molecule has 0 amide bonds. The first-order valence-corrected chi connectivity index (χ1v) is 8.41. The molecule has 0 heterocycles. The maximum Gasteiger partial charge on any atom is 0.333 e. The van der Waals surface area contributed by atoms with Gasteiger partial charge in [-0.25, -0.2) is 9.59 Å². The molecule has 2 atom stereocenters. The van der Waals surface area contributed by atoms with Gasteiger partial charge in [0.2, 0.25) is 0 Å². The minimum atomic E-state index is -1.91. The van der Waals surface area contributed by atoms with Gasteiger partial charge in [-0.1, -0.05) is 0 Å². The van der Waals surface area contributed by atoms with Crippen molar-refractivity contribution in [3.63, 3.8) is 0 Å². The number of carboxylic acid groups (broad SMARTS) is 8. The van der Waals surface area contributed by atoms with E-state index in [-0.39, 0.29) is 31.2 Å². The average molecular weight is 504 g/mol. The molecule has 2 unspecified atom stereocenters. The summed E-state index contributed by atoms with van der Waals surface area (Å²) in [4.78, 5) is 80.2. The Morgan fingerprint density at radius 3 is 0.765 bits per heavy atom. The number of hydrogen-bond donors (Lipinski definition) is 8. The lowest BCUT2D eigenvalue weighted by molar-refractivity contribution is -0.172. The Kier molecular flexibility index (Phi) is 22.4. The second-order valence-electron chi connectivity index (χ2n) is 5.56. The van der Waals surface area contributed by atoms with Crippen LogP contribution in [0.4, 0.5) is 0 Å². The zero-order valence-electron chi connectivity index (χ0n) is 17.1. The van der Waals surface area contributed by atoms with Crippen LogP contribution in [0.2, 0.25) is 0 Å². The van der Waals surface area contributed by atoms with Gasteiger partial charge in [0, 0.05) is 0 Å². The van der Waals surface area contributed by atoms with Gasteiger partial charge < -0.3 is 51.1 Å². The molecule has 18 heteroatoms. The molecule has 0 bridgehead atoms. The van der Waals surface area contributed by atoms with Crippen molar-refractivity contribution in [3.8, 4) is 0 Å². The van der Waals surface area contributed by atoms with E-state index < -0.39 is 72.8 Å².